The van der Waals surface area contributed by atoms with E-state index in [4.69, 9.17) is 14.2 Å². The van der Waals surface area contributed by atoms with Crippen molar-refractivity contribution in [3.05, 3.63) is 23.8 Å². The number of carbonyl (C=O) groups is 1. The summed E-state index contributed by atoms with van der Waals surface area (Å²) in [6.07, 6.45) is 7.60. The van der Waals surface area contributed by atoms with Crippen LogP contribution >= 0.6 is 0 Å². The van der Waals surface area contributed by atoms with Gasteiger partial charge in [0.1, 0.15) is 0 Å². The summed E-state index contributed by atoms with van der Waals surface area (Å²) in [4.78, 5) is 12.3. The Balaban J connectivity index is 1.32. The molecule has 3 heterocycles. The number of rotatable bonds is 4. The summed E-state index contributed by atoms with van der Waals surface area (Å²) in [5, 5.41) is 0. The van der Waals surface area contributed by atoms with Gasteiger partial charge in [0.25, 0.3) is 0 Å². The van der Waals surface area contributed by atoms with Crippen molar-refractivity contribution in [1.29, 1.82) is 0 Å². The second kappa shape index (κ2) is 6.87. The van der Waals surface area contributed by atoms with Crippen LogP contribution in [0.2, 0.25) is 0 Å². The minimum Gasteiger partial charge on any atom is -0.462 e. The number of quaternary nitrogens is 1. The molecule has 3 atom stereocenters. The molecule has 0 aliphatic carbocycles. The molecule has 5 heteroatoms. The van der Waals surface area contributed by atoms with Gasteiger partial charge in [-0.3, -0.25) is 0 Å². The van der Waals surface area contributed by atoms with E-state index in [-0.39, 0.29) is 12.8 Å². The number of carbonyl (C=O) groups excluding carboxylic acids is 1. The van der Waals surface area contributed by atoms with Gasteiger partial charge in [0.05, 0.1) is 38.3 Å². The minimum absolute atomic E-state index is 0.216. The zero-order valence-electron chi connectivity index (χ0n) is 15.0. The molecule has 5 nitrogen and oxygen atoms in total. The fraction of sp³-hybridized carbons (Fsp3) is 0.650. The molecule has 3 aliphatic heterocycles. The van der Waals surface area contributed by atoms with E-state index >= 15 is 0 Å². The number of piperidine rings is 2. The van der Waals surface area contributed by atoms with E-state index in [0.717, 1.165) is 12.5 Å². The van der Waals surface area contributed by atoms with Crippen LogP contribution in [0.4, 0.5) is 0 Å². The van der Waals surface area contributed by atoms with Gasteiger partial charge >= 0.3 is 5.97 Å². The van der Waals surface area contributed by atoms with Crippen LogP contribution in [0.1, 0.15) is 48.9 Å². The lowest BCUT2D eigenvalue weighted by molar-refractivity contribution is -0.947. The summed E-state index contributed by atoms with van der Waals surface area (Å²) in [7, 11) is 2.43. The van der Waals surface area contributed by atoms with Gasteiger partial charge in [-0.2, -0.15) is 0 Å². The molecule has 0 bridgehead atoms. The average Bonchev–Trinajstić information content (AvgIpc) is 3.09. The molecule has 0 saturated carbocycles. The van der Waals surface area contributed by atoms with Crippen LogP contribution in [-0.4, -0.2) is 50.0 Å². The quantitative estimate of drug-likeness (QED) is 0.619. The van der Waals surface area contributed by atoms with Crippen LogP contribution in [0.25, 0.3) is 0 Å². The Hall–Kier alpha value is -1.75. The fourth-order valence-corrected chi connectivity index (χ4v) is 4.98. The van der Waals surface area contributed by atoms with E-state index in [1.54, 1.807) is 18.2 Å². The molecule has 4 rings (SSSR count). The van der Waals surface area contributed by atoms with Gasteiger partial charge in [0.15, 0.2) is 11.5 Å². The third-order valence-electron chi connectivity index (χ3n) is 6.34. The van der Waals surface area contributed by atoms with Crippen LogP contribution in [0.5, 0.6) is 11.5 Å². The number of ether oxygens (including phenoxy) is 3. The van der Waals surface area contributed by atoms with Gasteiger partial charge in [0, 0.05) is 5.92 Å². The van der Waals surface area contributed by atoms with E-state index < -0.39 is 0 Å². The maximum atomic E-state index is 12.3. The lowest BCUT2D eigenvalue weighted by atomic mass is 9.80. The van der Waals surface area contributed by atoms with Crippen molar-refractivity contribution in [3.8, 4) is 11.5 Å². The monoisotopic (exact) mass is 346 g/mol. The Kier molecular flexibility index (Phi) is 4.59. The number of nitrogens with zero attached hydrogens (tertiary/aromatic N) is 1. The standard InChI is InChI=1S/C20H28NO4/c1-21-10-3-2-6-17(21)15(5-4-11-21)9-12-23-20(22)16-7-8-18-19(13-16)25-14-24-18/h7-8,13,15,17H,2-6,9-12,14H2,1H3/q+1/t15-,17-,21?/m0/s1. The largest absolute Gasteiger partial charge is 0.462 e. The average molecular weight is 346 g/mol. The second-order valence-corrected chi connectivity index (χ2v) is 7.88. The maximum absolute atomic E-state index is 12.3. The molecule has 2 fully saturated rings. The molecule has 0 N–H and O–H groups in total. The van der Waals surface area contributed by atoms with E-state index in [1.807, 2.05) is 0 Å². The van der Waals surface area contributed by atoms with E-state index in [0.29, 0.717) is 29.6 Å². The Morgan fingerprint density at radius 2 is 2.00 bits per heavy atom. The van der Waals surface area contributed by atoms with Crippen molar-refractivity contribution in [2.45, 2.75) is 44.6 Å². The van der Waals surface area contributed by atoms with Crippen LogP contribution in [0.3, 0.4) is 0 Å². The first kappa shape index (κ1) is 16.7. The lowest BCUT2D eigenvalue weighted by Crippen LogP contribution is -2.60. The first-order valence-corrected chi connectivity index (χ1v) is 9.57. The van der Waals surface area contributed by atoms with Crippen LogP contribution in [-0.2, 0) is 4.74 Å². The Morgan fingerprint density at radius 3 is 2.92 bits per heavy atom. The molecule has 1 aromatic rings. The number of fused-ring (bicyclic) bond motifs is 2. The van der Waals surface area contributed by atoms with Gasteiger partial charge in [-0.1, -0.05) is 0 Å². The molecule has 1 unspecified atom stereocenters. The third-order valence-corrected chi connectivity index (χ3v) is 6.34. The van der Waals surface area contributed by atoms with Gasteiger partial charge in [-0.05, 0) is 56.7 Å². The normalized spacial score (nSPS) is 30.6. The molecule has 136 valence electrons. The summed E-state index contributed by atoms with van der Waals surface area (Å²) in [6.45, 7) is 3.36. The smallest absolute Gasteiger partial charge is 0.338 e. The SMILES string of the molecule is C[N+]12CCCC[C@H]1[C@H](CCOC(=O)c1ccc3c(c1)OCO3)CCC2. The fourth-order valence-electron chi connectivity index (χ4n) is 4.98. The predicted octanol–water partition coefficient (Wildman–Crippen LogP) is 3.37. The first-order valence-electron chi connectivity index (χ1n) is 9.57. The molecule has 25 heavy (non-hydrogen) atoms. The van der Waals surface area contributed by atoms with E-state index in [1.165, 1.54) is 49.7 Å². The summed E-state index contributed by atoms with van der Waals surface area (Å²) < 4.78 is 17.4. The highest BCUT2D eigenvalue weighted by Gasteiger charge is 2.43. The minimum atomic E-state index is -0.269. The third kappa shape index (κ3) is 3.34. The number of benzene rings is 1. The molecule has 1 aromatic carbocycles. The molecule has 3 aliphatic rings. The van der Waals surface area contributed by atoms with Gasteiger partial charge < -0.3 is 18.7 Å². The summed E-state index contributed by atoms with van der Waals surface area (Å²) in [6, 6.07) is 5.98. The lowest BCUT2D eigenvalue weighted by Gasteiger charge is -2.51. The molecule has 0 spiro atoms. The summed E-state index contributed by atoms with van der Waals surface area (Å²) in [5.74, 6) is 1.73. The zero-order valence-corrected chi connectivity index (χ0v) is 15.0. The Morgan fingerprint density at radius 1 is 1.16 bits per heavy atom. The van der Waals surface area contributed by atoms with E-state index in [9.17, 15) is 4.79 Å². The van der Waals surface area contributed by atoms with Crippen molar-refractivity contribution < 1.29 is 23.5 Å². The van der Waals surface area contributed by atoms with Gasteiger partial charge in [-0.25, -0.2) is 4.79 Å². The molecular formula is C20H28NO4+. The molecule has 0 aromatic heterocycles. The number of hydrogen-bond acceptors (Lipinski definition) is 4. The van der Waals surface area contributed by atoms with Gasteiger partial charge in [-0.15, -0.1) is 0 Å². The molecule has 0 amide bonds. The van der Waals surface area contributed by atoms with Gasteiger partial charge in [0.2, 0.25) is 6.79 Å². The maximum Gasteiger partial charge on any atom is 0.338 e. The van der Waals surface area contributed by atoms with Crippen molar-refractivity contribution in [2.24, 2.45) is 5.92 Å². The predicted molar refractivity (Wildman–Crippen MR) is 93.7 cm³/mol. The summed E-state index contributed by atoms with van der Waals surface area (Å²) >= 11 is 0. The van der Waals surface area contributed by atoms with Crippen LogP contribution < -0.4 is 9.47 Å². The van der Waals surface area contributed by atoms with Crippen molar-refractivity contribution in [3.63, 3.8) is 0 Å². The number of hydrogen-bond donors (Lipinski definition) is 0. The summed E-state index contributed by atoms with van der Waals surface area (Å²) in [5.41, 5.74) is 0.534. The van der Waals surface area contributed by atoms with E-state index in [2.05, 4.69) is 7.05 Å². The topological polar surface area (TPSA) is 44.8 Å². The molecule has 0 radical (unpaired) electrons. The first-order chi connectivity index (χ1) is 12.2. The Labute approximate surface area is 149 Å². The van der Waals surface area contributed by atoms with Crippen molar-refractivity contribution in [2.75, 3.05) is 33.5 Å². The van der Waals surface area contributed by atoms with Crippen LogP contribution in [0.15, 0.2) is 18.2 Å². The highest BCUT2D eigenvalue weighted by molar-refractivity contribution is 5.90. The zero-order chi connectivity index (χ0) is 17.3. The highest BCUT2D eigenvalue weighted by atomic mass is 16.7. The van der Waals surface area contributed by atoms with Crippen LogP contribution in [0, 0.1) is 5.92 Å². The molecule has 2 saturated heterocycles. The Bertz CT molecular complexity index is 643. The second-order valence-electron chi connectivity index (χ2n) is 7.88. The van der Waals surface area contributed by atoms with Crippen molar-refractivity contribution >= 4 is 5.97 Å². The highest BCUT2D eigenvalue weighted by Crippen LogP contribution is 2.37. The van der Waals surface area contributed by atoms with Crippen molar-refractivity contribution in [1.82, 2.24) is 0 Å². The molecular weight excluding hydrogens is 318 g/mol. The number of esters is 1.